The molecule has 1 aliphatic rings. The maximum Gasteiger partial charge on any atom is 0.391 e. The standard InChI is InChI=1S/C17H20F5NO3/c1-2-25-14-8-10(6-7-13(14)26-16(18)19)15(24)23-12-5-3-4-11(9-12)17(20,21)22/h6-8,11-12,16H,2-5,9H2,1H3,(H,23,24). The number of ether oxygens (including phenoxy) is 2. The van der Waals surface area contributed by atoms with Gasteiger partial charge in [0.15, 0.2) is 11.5 Å². The molecule has 0 saturated heterocycles. The largest absolute Gasteiger partial charge is 0.490 e. The maximum absolute atomic E-state index is 12.9. The number of amides is 1. The number of rotatable bonds is 6. The molecule has 0 heterocycles. The highest BCUT2D eigenvalue weighted by Crippen LogP contribution is 2.37. The fourth-order valence-corrected chi connectivity index (χ4v) is 3.00. The van der Waals surface area contributed by atoms with Crippen LogP contribution in [0.15, 0.2) is 18.2 Å². The number of carbonyl (C=O) groups excluding carboxylic acids is 1. The molecule has 0 bridgehead atoms. The highest BCUT2D eigenvalue weighted by Gasteiger charge is 2.42. The van der Waals surface area contributed by atoms with E-state index in [1.807, 2.05) is 0 Å². The molecule has 1 amide bonds. The number of halogens is 5. The van der Waals surface area contributed by atoms with Gasteiger partial charge in [-0.2, -0.15) is 22.0 Å². The van der Waals surface area contributed by atoms with E-state index in [-0.39, 0.29) is 36.5 Å². The van der Waals surface area contributed by atoms with E-state index in [9.17, 15) is 26.7 Å². The van der Waals surface area contributed by atoms with Crippen LogP contribution >= 0.6 is 0 Å². The minimum absolute atomic E-state index is 0.0303. The van der Waals surface area contributed by atoms with E-state index in [0.717, 1.165) is 0 Å². The predicted molar refractivity (Wildman–Crippen MR) is 83.5 cm³/mol. The SMILES string of the molecule is CCOc1cc(C(=O)NC2CCCC(C(F)(F)F)C2)ccc1OC(F)F. The normalized spacial score (nSPS) is 20.7. The predicted octanol–water partition coefficient (Wildman–Crippen LogP) is 4.54. The van der Waals surface area contributed by atoms with Crippen molar-refractivity contribution < 1.29 is 36.2 Å². The van der Waals surface area contributed by atoms with Gasteiger partial charge in [-0.25, -0.2) is 0 Å². The van der Waals surface area contributed by atoms with Crippen molar-refractivity contribution in [1.82, 2.24) is 5.32 Å². The molecule has 2 unspecified atom stereocenters. The lowest BCUT2D eigenvalue weighted by atomic mass is 9.85. The summed E-state index contributed by atoms with van der Waals surface area (Å²) in [5, 5.41) is 2.58. The summed E-state index contributed by atoms with van der Waals surface area (Å²) in [6.45, 7) is -1.24. The summed E-state index contributed by atoms with van der Waals surface area (Å²) in [5.41, 5.74) is 0.101. The van der Waals surface area contributed by atoms with Crippen LogP contribution in [0, 0.1) is 5.92 Å². The van der Waals surface area contributed by atoms with Crippen LogP contribution in [-0.4, -0.2) is 31.3 Å². The highest BCUT2D eigenvalue weighted by atomic mass is 19.4. The van der Waals surface area contributed by atoms with Crippen LogP contribution in [0.1, 0.15) is 43.0 Å². The molecule has 0 aromatic heterocycles. The molecule has 2 rings (SSSR count). The summed E-state index contributed by atoms with van der Waals surface area (Å²) < 4.78 is 72.9. The summed E-state index contributed by atoms with van der Waals surface area (Å²) in [6, 6.07) is 3.08. The molecular formula is C17H20F5NO3. The molecule has 1 fully saturated rings. The molecule has 1 aromatic rings. The van der Waals surface area contributed by atoms with E-state index >= 15 is 0 Å². The molecule has 1 N–H and O–H groups in total. The third kappa shape index (κ3) is 5.47. The van der Waals surface area contributed by atoms with Gasteiger partial charge in [-0.3, -0.25) is 4.79 Å². The smallest absolute Gasteiger partial charge is 0.391 e. The van der Waals surface area contributed by atoms with Crippen LogP contribution in [0.25, 0.3) is 0 Å². The molecule has 4 nitrogen and oxygen atoms in total. The number of benzene rings is 1. The van der Waals surface area contributed by atoms with Gasteiger partial charge in [0.25, 0.3) is 5.91 Å². The lowest BCUT2D eigenvalue weighted by molar-refractivity contribution is -0.183. The van der Waals surface area contributed by atoms with Crippen LogP contribution in [0.5, 0.6) is 11.5 Å². The Bertz CT molecular complexity index is 621. The molecule has 9 heteroatoms. The van der Waals surface area contributed by atoms with E-state index in [0.29, 0.717) is 12.8 Å². The summed E-state index contributed by atoms with van der Waals surface area (Å²) in [7, 11) is 0. The number of alkyl halides is 5. The first-order valence-corrected chi connectivity index (χ1v) is 8.30. The third-order valence-electron chi connectivity index (χ3n) is 4.19. The van der Waals surface area contributed by atoms with Crippen LogP contribution in [0.2, 0.25) is 0 Å². The fourth-order valence-electron chi connectivity index (χ4n) is 3.00. The zero-order valence-electron chi connectivity index (χ0n) is 14.1. The quantitative estimate of drug-likeness (QED) is 0.736. The van der Waals surface area contributed by atoms with Crippen molar-refractivity contribution >= 4 is 5.91 Å². The Labute approximate surface area is 147 Å². The zero-order valence-corrected chi connectivity index (χ0v) is 14.1. The zero-order chi connectivity index (χ0) is 19.3. The minimum Gasteiger partial charge on any atom is -0.490 e. The molecule has 0 spiro atoms. The molecular weight excluding hydrogens is 361 g/mol. The number of nitrogens with one attached hydrogen (secondary N) is 1. The minimum atomic E-state index is -4.28. The summed E-state index contributed by atoms with van der Waals surface area (Å²) in [6.07, 6.45) is -3.55. The van der Waals surface area contributed by atoms with Crippen LogP contribution in [0.4, 0.5) is 22.0 Å². The van der Waals surface area contributed by atoms with Gasteiger partial charge in [0.05, 0.1) is 12.5 Å². The van der Waals surface area contributed by atoms with Crippen molar-refractivity contribution in [2.24, 2.45) is 5.92 Å². The first-order valence-electron chi connectivity index (χ1n) is 8.30. The summed E-state index contributed by atoms with van der Waals surface area (Å²) in [5.74, 6) is -2.25. The monoisotopic (exact) mass is 381 g/mol. The van der Waals surface area contributed by atoms with Crippen LogP contribution < -0.4 is 14.8 Å². The van der Waals surface area contributed by atoms with Crippen LogP contribution in [-0.2, 0) is 0 Å². The average molecular weight is 381 g/mol. The van der Waals surface area contributed by atoms with Gasteiger partial charge in [-0.15, -0.1) is 0 Å². The topological polar surface area (TPSA) is 47.6 Å². The molecule has 146 valence electrons. The highest BCUT2D eigenvalue weighted by molar-refractivity contribution is 5.95. The Morgan fingerprint density at radius 3 is 2.62 bits per heavy atom. The first-order chi connectivity index (χ1) is 12.2. The first kappa shape index (κ1) is 20.3. The van der Waals surface area contributed by atoms with Gasteiger partial charge in [-0.05, 0) is 44.4 Å². The second-order valence-electron chi connectivity index (χ2n) is 6.05. The molecule has 1 saturated carbocycles. The van der Waals surface area contributed by atoms with Gasteiger partial charge in [-0.1, -0.05) is 6.42 Å². The van der Waals surface area contributed by atoms with Crippen molar-refractivity contribution in [3.63, 3.8) is 0 Å². The van der Waals surface area contributed by atoms with Gasteiger partial charge >= 0.3 is 12.8 Å². The maximum atomic E-state index is 12.9. The number of carbonyl (C=O) groups is 1. The average Bonchev–Trinajstić information content (AvgIpc) is 2.55. The van der Waals surface area contributed by atoms with Crippen molar-refractivity contribution in [2.45, 2.75) is 51.4 Å². The Morgan fingerprint density at radius 1 is 1.27 bits per heavy atom. The second kappa shape index (κ2) is 8.55. The Kier molecular flexibility index (Phi) is 6.66. The molecule has 26 heavy (non-hydrogen) atoms. The molecule has 2 atom stereocenters. The Morgan fingerprint density at radius 2 is 2.00 bits per heavy atom. The summed E-state index contributed by atoms with van der Waals surface area (Å²) >= 11 is 0. The Balaban J connectivity index is 2.08. The van der Waals surface area contributed by atoms with Crippen molar-refractivity contribution in [3.05, 3.63) is 23.8 Å². The van der Waals surface area contributed by atoms with Gasteiger partial charge in [0.2, 0.25) is 0 Å². The van der Waals surface area contributed by atoms with Crippen molar-refractivity contribution in [1.29, 1.82) is 0 Å². The van der Waals surface area contributed by atoms with Gasteiger partial charge in [0.1, 0.15) is 0 Å². The van der Waals surface area contributed by atoms with Crippen LogP contribution in [0.3, 0.4) is 0 Å². The molecule has 1 aliphatic carbocycles. The third-order valence-corrected chi connectivity index (χ3v) is 4.19. The second-order valence-corrected chi connectivity index (χ2v) is 6.05. The van der Waals surface area contributed by atoms with E-state index in [1.54, 1.807) is 6.92 Å². The van der Waals surface area contributed by atoms with E-state index in [4.69, 9.17) is 4.74 Å². The van der Waals surface area contributed by atoms with Crippen molar-refractivity contribution in [3.8, 4) is 11.5 Å². The Hall–Kier alpha value is -2.06. The number of hydrogen-bond donors (Lipinski definition) is 1. The molecule has 0 radical (unpaired) electrons. The van der Waals surface area contributed by atoms with Gasteiger partial charge in [0, 0.05) is 11.6 Å². The van der Waals surface area contributed by atoms with E-state index in [2.05, 4.69) is 10.1 Å². The van der Waals surface area contributed by atoms with Crippen molar-refractivity contribution in [2.75, 3.05) is 6.61 Å². The number of hydrogen-bond acceptors (Lipinski definition) is 3. The van der Waals surface area contributed by atoms with Gasteiger partial charge < -0.3 is 14.8 Å². The van der Waals surface area contributed by atoms with E-state index in [1.165, 1.54) is 18.2 Å². The molecule has 0 aliphatic heterocycles. The lowest BCUT2D eigenvalue weighted by Gasteiger charge is -2.31. The summed E-state index contributed by atoms with van der Waals surface area (Å²) in [4.78, 5) is 12.3. The lowest BCUT2D eigenvalue weighted by Crippen LogP contribution is -2.41. The fraction of sp³-hybridized carbons (Fsp3) is 0.588. The van der Waals surface area contributed by atoms with E-state index < -0.39 is 30.7 Å². The molecule has 1 aromatic carbocycles.